The first kappa shape index (κ1) is 22.4. The molecule has 0 atom stereocenters. The van der Waals surface area contributed by atoms with Crippen LogP contribution < -0.4 is 21.7 Å². The summed E-state index contributed by atoms with van der Waals surface area (Å²) in [4.78, 5) is 32.4. The molecule has 2 aromatic heterocycles. The molecule has 158 valence electrons. The maximum Gasteiger partial charge on any atom is 0.405 e. The quantitative estimate of drug-likeness (QED) is 0.690. The third-order valence-corrected chi connectivity index (χ3v) is 4.82. The number of thiazole rings is 1. The van der Waals surface area contributed by atoms with E-state index in [4.69, 9.17) is 11.5 Å². The van der Waals surface area contributed by atoms with E-state index in [-0.39, 0.29) is 5.69 Å². The van der Waals surface area contributed by atoms with Gasteiger partial charge in [-0.1, -0.05) is 17.4 Å². The predicted octanol–water partition coefficient (Wildman–Crippen LogP) is 3.25. The Labute approximate surface area is 174 Å². The smallest absolute Gasteiger partial charge is 0.405 e. The van der Waals surface area contributed by atoms with E-state index in [9.17, 15) is 9.59 Å². The fourth-order valence-corrected chi connectivity index (χ4v) is 3.67. The van der Waals surface area contributed by atoms with Gasteiger partial charge in [0.05, 0.1) is 0 Å². The first-order chi connectivity index (χ1) is 13.7. The van der Waals surface area contributed by atoms with Crippen molar-refractivity contribution >= 4 is 39.3 Å². The Morgan fingerprint density at radius 1 is 1.17 bits per heavy atom. The molecule has 0 saturated carbocycles. The molecular formula is C19H28N6O3S. The molecule has 3 heterocycles. The number of rotatable bonds is 4. The van der Waals surface area contributed by atoms with Gasteiger partial charge in [-0.3, -0.25) is 4.79 Å². The fourth-order valence-electron chi connectivity index (χ4n) is 2.64. The molecule has 0 bridgehead atoms. The van der Waals surface area contributed by atoms with E-state index in [1.54, 1.807) is 27.0 Å². The Morgan fingerprint density at radius 2 is 1.86 bits per heavy atom. The van der Waals surface area contributed by atoms with Crippen molar-refractivity contribution in [3.63, 3.8) is 0 Å². The number of aromatic nitrogens is 2. The van der Waals surface area contributed by atoms with Gasteiger partial charge in [0.25, 0.3) is 5.91 Å². The van der Waals surface area contributed by atoms with E-state index in [0.717, 1.165) is 31.1 Å². The number of nitrogens with zero attached hydrogens (tertiary/aromatic N) is 3. The van der Waals surface area contributed by atoms with E-state index in [1.807, 2.05) is 18.2 Å². The third-order valence-electron chi connectivity index (χ3n) is 3.79. The van der Waals surface area contributed by atoms with Crippen molar-refractivity contribution in [1.29, 1.82) is 0 Å². The lowest BCUT2D eigenvalue weighted by Crippen LogP contribution is -2.29. The number of anilines is 3. The molecule has 9 nitrogen and oxygen atoms in total. The average molecular weight is 421 g/mol. The summed E-state index contributed by atoms with van der Waals surface area (Å²) in [6.45, 7) is 7.25. The fraction of sp³-hybridized carbons (Fsp3) is 0.474. The SMILES string of the molecule is CC(C)(C)OC(N)=O.NC(=O)c1nc(N2CCCCC2)sc1Nc1ccccn1. The van der Waals surface area contributed by atoms with Crippen molar-refractivity contribution in [2.75, 3.05) is 23.3 Å². The Kier molecular flexibility index (Phi) is 7.77. The number of amides is 2. The number of hydrogen-bond acceptors (Lipinski definition) is 8. The Bertz CT molecular complexity index is 813. The monoisotopic (exact) mass is 420 g/mol. The number of carbonyl (C=O) groups excluding carboxylic acids is 2. The molecule has 1 aliphatic heterocycles. The molecule has 3 rings (SSSR count). The lowest BCUT2D eigenvalue weighted by Gasteiger charge is -2.25. The molecule has 0 radical (unpaired) electrons. The molecule has 1 saturated heterocycles. The minimum Gasteiger partial charge on any atom is -0.444 e. The van der Waals surface area contributed by atoms with Crippen LogP contribution in [0.4, 0.5) is 20.7 Å². The number of hydrogen-bond donors (Lipinski definition) is 3. The molecule has 2 aromatic rings. The minimum atomic E-state index is -0.725. The zero-order chi connectivity index (χ0) is 21.4. The van der Waals surface area contributed by atoms with Crippen LogP contribution in [0.5, 0.6) is 0 Å². The summed E-state index contributed by atoms with van der Waals surface area (Å²) < 4.78 is 4.58. The van der Waals surface area contributed by atoms with Crippen LogP contribution in [0.15, 0.2) is 24.4 Å². The number of ether oxygens (including phenoxy) is 1. The zero-order valence-corrected chi connectivity index (χ0v) is 17.8. The van der Waals surface area contributed by atoms with Crippen molar-refractivity contribution in [1.82, 2.24) is 9.97 Å². The minimum absolute atomic E-state index is 0.284. The van der Waals surface area contributed by atoms with E-state index < -0.39 is 17.6 Å². The second-order valence-electron chi connectivity index (χ2n) is 7.46. The molecule has 0 aliphatic carbocycles. The van der Waals surface area contributed by atoms with Gasteiger partial charge in [0.1, 0.15) is 16.4 Å². The third kappa shape index (κ3) is 7.57. The van der Waals surface area contributed by atoms with Crippen molar-refractivity contribution in [2.45, 2.75) is 45.6 Å². The van der Waals surface area contributed by atoms with Crippen LogP contribution in [0, 0.1) is 0 Å². The van der Waals surface area contributed by atoms with Crippen LogP contribution in [-0.2, 0) is 4.74 Å². The molecule has 1 fully saturated rings. The van der Waals surface area contributed by atoms with Gasteiger partial charge in [0.15, 0.2) is 10.8 Å². The number of piperidine rings is 1. The summed E-state index contributed by atoms with van der Waals surface area (Å²) in [5, 5.41) is 4.63. The van der Waals surface area contributed by atoms with Gasteiger partial charge in [0.2, 0.25) is 0 Å². The predicted molar refractivity (Wildman–Crippen MR) is 115 cm³/mol. The molecule has 0 spiro atoms. The van der Waals surface area contributed by atoms with Gasteiger partial charge in [-0.2, -0.15) is 0 Å². The van der Waals surface area contributed by atoms with Crippen LogP contribution >= 0.6 is 11.3 Å². The number of carbonyl (C=O) groups is 2. The molecule has 0 unspecified atom stereocenters. The first-order valence-corrected chi connectivity index (χ1v) is 10.2. The molecule has 1 aliphatic rings. The van der Waals surface area contributed by atoms with Gasteiger partial charge in [0, 0.05) is 19.3 Å². The second kappa shape index (κ2) is 10.1. The van der Waals surface area contributed by atoms with Gasteiger partial charge in [-0.05, 0) is 52.2 Å². The number of pyridine rings is 1. The van der Waals surface area contributed by atoms with Crippen molar-refractivity contribution in [3.05, 3.63) is 30.1 Å². The van der Waals surface area contributed by atoms with Crippen LogP contribution in [0.1, 0.15) is 50.5 Å². The van der Waals surface area contributed by atoms with Crippen LogP contribution in [0.25, 0.3) is 0 Å². The zero-order valence-electron chi connectivity index (χ0n) is 17.0. The highest BCUT2D eigenvalue weighted by atomic mass is 32.1. The highest BCUT2D eigenvalue weighted by Gasteiger charge is 2.21. The molecule has 5 N–H and O–H groups in total. The lowest BCUT2D eigenvalue weighted by molar-refractivity contribution is 0.0600. The van der Waals surface area contributed by atoms with Crippen molar-refractivity contribution < 1.29 is 14.3 Å². The number of nitrogens with two attached hydrogens (primary N) is 2. The van der Waals surface area contributed by atoms with E-state index in [1.165, 1.54) is 17.8 Å². The van der Waals surface area contributed by atoms with Gasteiger partial charge < -0.3 is 26.4 Å². The summed E-state index contributed by atoms with van der Waals surface area (Å²) in [5.74, 6) is 0.154. The van der Waals surface area contributed by atoms with Gasteiger partial charge in [-0.25, -0.2) is 14.8 Å². The summed E-state index contributed by atoms with van der Waals surface area (Å²) >= 11 is 1.45. The molecular weight excluding hydrogens is 392 g/mol. The lowest BCUT2D eigenvalue weighted by atomic mass is 10.1. The summed E-state index contributed by atoms with van der Waals surface area (Å²) in [6.07, 6.45) is 4.54. The second-order valence-corrected chi connectivity index (χ2v) is 8.44. The summed E-state index contributed by atoms with van der Waals surface area (Å²) in [7, 11) is 0. The Hall–Kier alpha value is -2.88. The van der Waals surface area contributed by atoms with Gasteiger partial charge in [-0.15, -0.1) is 0 Å². The first-order valence-electron chi connectivity index (χ1n) is 9.38. The Morgan fingerprint density at radius 3 is 2.34 bits per heavy atom. The largest absolute Gasteiger partial charge is 0.444 e. The normalized spacial score (nSPS) is 13.8. The molecule has 29 heavy (non-hydrogen) atoms. The van der Waals surface area contributed by atoms with Crippen LogP contribution in [0.3, 0.4) is 0 Å². The summed E-state index contributed by atoms with van der Waals surface area (Å²) in [5.41, 5.74) is 9.99. The standard InChI is InChI=1S/C14H17N5OS.C5H11NO2/c15-12(20)11-13(17-10-6-2-3-7-16-10)21-14(18-11)19-8-4-1-5-9-19;1-5(2,3)8-4(6)7/h2-3,6-7H,1,4-5,8-9H2,(H2,15,20)(H,16,17);1-3H3,(H2,6,7). The van der Waals surface area contributed by atoms with Crippen LogP contribution in [-0.4, -0.2) is 40.7 Å². The molecule has 2 amide bonds. The van der Waals surface area contributed by atoms with Crippen molar-refractivity contribution in [2.24, 2.45) is 11.5 Å². The summed E-state index contributed by atoms with van der Waals surface area (Å²) in [6, 6.07) is 5.56. The topological polar surface area (TPSA) is 136 Å². The molecule has 0 aromatic carbocycles. The number of primary amides is 2. The maximum atomic E-state index is 11.6. The molecule has 10 heteroatoms. The maximum absolute atomic E-state index is 11.6. The van der Waals surface area contributed by atoms with Crippen LogP contribution in [0.2, 0.25) is 0 Å². The highest BCUT2D eigenvalue weighted by Crippen LogP contribution is 2.34. The number of nitrogens with one attached hydrogen (secondary N) is 1. The van der Waals surface area contributed by atoms with E-state index >= 15 is 0 Å². The van der Waals surface area contributed by atoms with Crippen molar-refractivity contribution in [3.8, 4) is 0 Å². The van der Waals surface area contributed by atoms with E-state index in [2.05, 4.69) is 24.9 Å². The van der Waals surface area contributed by atoms with Gasteiger partial charge >= 0.3 is 6.09 Å². The van der Waals surface area contributed by atoms with E-state index in [0.29, 0.717) is 10.8 Å². The highest BCUT2D eigenvalue weighted by molar-refractivity contribution is 7.20. The average Bonchev–Trinajstić information content (AvgIpc) is 3.06. The Balaban J connectivity index is 0.000000321.